The van der Waals surface area contributed by atoms with Crippen LogP contribution in [0.3, 0.4) is 0 Å². The van der Waals surface area contributed by atoms with Gasteiger partial charge in [-0.05, 0) is 6.42 Å². The zero-order chi connectivity index (χ0) is 10.4. The topological polar surface area (TPSA) is 63.6 Å². The molecule has 0 saturated carbocycles. The molecule has 1 N–H and O–H groups in total. The summed E-state index contributed by atoms with van der Waals surface area (Å²) < 4.78 is 4.39. The number of carbonyl (C=O) groups excluding carboxylic acids is 1. The SMILES string of the molecule is C=C(C(=O)OC)C(CCC)C(=O)O. The second-order valence-corrected chi connectivity index (χ2v) is 2.70. The van der Waals surface area contributed by atoms with Gasteiger partial charge in [0.25, 0.3) is 0 Å². The fourth-order valence-corrected chi connectivity index (χ4v) is 1.01. The van der Waals surface area contributed by atoms with Crippen LogP contribution in [0, 0.1) is 5.92 Å². The molecule has 0 aromatic heterocycles. The van der Waals surface area contributed by atoms with Crippen molar-refractivity contribution in [2.75, 3.05) is 7.11 Å². The Hall–Kier alpha value is -1.32. The van der Waals surface area contributed by atoms with Gasteiger partial charge in [-0.3, -0.25) is 4.79 Å². The van der Waals surface area contributed by atoms with Crippen LogP contribution in [0.15, 0.2) is 12.2 Å². The van der Waals surface area contributed by atoms with Crippen LogP contribution in [-0.2, 0) is 14.3 Å². The van der Waals surface area contributed by atoms with E-state index in [-0.39, 0.29) is 5.57 Å². The maximum Gasteiger partial charge on any atom is 0.334 e. The van der Waals surface area contributed by atoms with E-state index in [4.69, 9.17) is 5.11 Å². The van der Waals surface area contributed by atoms with Crippen LogP contribution in [0.2, 0.25) is 0 Å². The molecule has 13 heavy (non-hydrogen) atoms. The van der Waals surface area contributed by atoms with Crippen molar-refractivity contribution < 1.29 is 19.4 Å². The van der Waals surface area contributed by atoms with Gasteiger partial charge in [0.05, 0.1) is 13.0 Å². The Morgan fingerprint density at radius 2 is 2.08 bits per heavy atom. The van der Waals surface area contributed by atoms with Gasteiger partial charge in [0, 0.05) is 5.57 Å². The number of hydrogen-bond acceptors (Lipinski definition) is 3. The van der Waals surface area contributed by atoms with Crippen LogP contribution in [0.25, 0.3) is 0 Å². The number of esters is 1. The zero-order valence-electron chi connectivity index (χ0n) is 7.87. The van der Waals surface area contributed by atoms with Crippen LogP contribution < -0.4 is 0 Å². The van der Waals surface area contributed by atoms with Gasteiger partial charge in [0.15, 0.2) is 0 Å². The number of hydrogen-bond donors (Lipinski definition) is 1. The van der Waals surface area contributed by atoms with Crippen molar-refractivity contribution in [1.29, 1.82) is 0 Å². The largest absolute Gasteiger partial charge is 0.481 e. The lowest BCUT2D eigenvalue weighted by Crippen LogP contribution is -2.21. The summed E-state index contributed by atoms with van der Waals surface area (Å²) >= 11 is 0. The van der Waals surface area contributed by atoms with Crippen molar-refractivity contribution in [2.45, 2.75) is 19.8 Å². The third kappa shape index (κ3) is 3.27. The predicted octanol–water partition coefficient (Wildman–Crippen LogP) is 1.22. The third-order valence-electron chi connectivity index (χ3n) is 1.74. The van der Waals surface area contributed by atoms with Crippen LogP contribution in [0.1, 0.15) is 19.8 Å². The summed E-state index contributed by atoms with van der Waals surface area (Å²) in [4.78, 5) is 21.6. The van der Waals surface area contributed by atoms with Crippen LogP contribution in [0.4, 0.5) is 0 Å². The molecule has 0 bridgehead atoms. The maximum atomic E-state index is 10.9. The summed E-state index contributed by atoms with van der Waals surface area (Å²) in [6.45, 7) is 5.26. The summed E-state index contributed by atoms with van der Waals surface area (Å²) in [5, 5.41) is 8.75. The van der Waals surface area contributed by atoms with Crippen LogP contribution in [0.5, 0.6) is 0 Å². The maximum absolute atomic E-state index is 10.9. The first-order valence-electron chi connectivity index (χ1n) is 4.04. The Morgan fingerprint density at radius 1 is 1.54 bits per heavy atom. The average Bonchev–Trinajstić information content (AvgIpc) is 2.11. The highest BCUT2D eigenvalue weighted by molar-refractivity contribution is 5.94. The molecule has 0 saturated heterocycles. The van der Waals surface area contributed by atoms with Crippen LogP contribution in [-0.4, -0.2) is 24.2 Å². The number of methoxy groups -OCH3 is 1. The molecule has 0 aromatic carbocycles. The van der Waals surface area contributed by atoms with E-state index in [0.717, 1.165) is 0 Å². The number of aliphatic carboxylic acids is 1. The average molecular weight is 186 g/mol. The molecule has 0 aliphatic carbocycles. The summed E-state index contributed by atoms with van der Waals surface area (Å²) in [5.41, 5.74) is 0.0110. The minimum atomic E-state index is -1.03. The number of carbonyl (C=O) groups is 2. The fourth-order valence-electron chi connectivity index (χ4n) is 1.01. The van der Waals surface area contributed by atoms with E-state index in [1.165, 1.54) is 7.11 Å². The second kappa shape index (κ2) is 5.35. The predicted molar refractivity (Wildman–Crippen MR) is 47.2 cm³/mol. The van der Waals surface area contributed by atoms with Gasteiger partial charge >= 0.3 is 11.9 Å². The lowest BCUT2D eigenvalue weighted by molar-refractivity contribution is -0.145. The van der Waals surface area contributed by atoms with E-state index in [1.807, 2.05) is 6.92 Å². The third-order valence-corrected chi connectivity index (χ3v) is 1.74. The van der Waals surface area contributed by atoms with E-state index in [9.17, 15) is 9.59 Å². The molecule has 0 fully saturated rings. The zero-order valence-corrected chi connectivity index (χ0v) is 7.87. The van der Waals surface area contributed by atoms with Gasteiger partial charge in [-0.25, -0.2) is 4.79 Å². The van der Waals surface area contributed by atoms with Crippen molar-refractivity contribution in [3.05, 3.63) is 12.2 Å². The first kappa shape index (κ1) is 11.7. The van der Waals surface area contributed by atoms with Crippen molar-refractivity contribution >= 4 is 11.9 Å². The molecule has 0 aliphatic rings. The molecule has 1 unspecified atom stereocenters. The first-order valence-corrected chi connectivity index (χ1v) is 4.04. The van der Waals surface area contributed by atoms with E-state index >= 15 is 0 Å². The molecule has 0 spiro atoms. The highest BCUT2D eigenvalue weighted by atomic mass is 16.5. The molecule has 0 heterocycles. The number of rotatable bonds is 5. The number of carboxylic acid groups (broad SMARTS) is 1. The molecule has 0 aromatic rings. The lowest BCUT2D eigenvalue weighted by Gasteiger charge is -2.11. The van der Waals surface area contributed by atoms with Crippen molar-refractivity contribution in [3.63, 3.8) is 0 Å². The minimum absolute atomic E-state index is 0.0110. The molecular formula is C9H14O4. The molecule has 4 heteroatoms. The quantitative estimate of drug-likeness (QED) is 0.518. The Balaban J connectivity index is 4.46. The Morgan fingerprint density at radius 3 is 2.38 bits per heavy atom. The highest BCUT2D eigenvalue weighted by Gasteiger charge is 2.25. The molecule has 0 amide bonds. The molecule has 1 atom stereocenters. The Bertz CT molecular complexity index is 220. The normalized spacial score (nSPS) is 11.8. The minimum Gasteiger partial charge on any atom is -0.481 e. The monoisotopic (exact) mass is 186 g/mol. The van der Waals surface area contributed by atoms with E-state index in [2.05, 4.69) is 11.3 Å². The molecule has 4 nitrogen and oxygen atoms in total. The van der Waals surface area contributed by atoms with E-state index in [1.54, 1.807) is 0 Å². The molecule has 74 valence electrons. The summed E-state index contributed by atoms with van der Waals surface area (Å²) in [5.74, 6) is -2.50. The number of carboxylic acids is 1. The Labute approximate surface area is 77.2 Å². The van der Waals surface area contributed by atoms with Gasteiger partial charge in [-0.15, -0.1) is 0 Å². The Kier molecular flexibility index (Phi) is 4.80. The van der Waals surface area contributed by atoms with Crippen molar-refractivity contribution in [3.8, 4) is 0 Å². The lowest BCUT2D eigenvalue weighted by atomic mass is 9.96. The van der Waals surface area contributed by atoms with Crippen LogP contribution >= 0.6 is 0 Å². The smallest absolute Gasteiger partial charge is 0.334 e. The van der Waals surface area contributed by atoms with E-state index in [0.29, 0.717) is 12.8 Å². The van der Waals surface area contributed by atoms with Crippen molar-refractivity contribution in [1.82, 2.24) is 0 Å². The van der Waals surface area contributed by atoms with Gasteiger partial charge in [-0.2, -0.15) is 0 Å². The standard InChI is InChI=1S/C9H14O4/c1-4-5-7(8(10)11)6(2)9(12)13-3/h7H,2,4-5H2,1,3H3,(H,10,11). The summed E-state index contributed by atoms with van der Waals surface area (Å²) in [6, 6.07) is 0. The van der Waals surface area contributed by atoms with Gasteiger partial charge in [0.2, 0.25) is 0 Å². The van der Waals surface area contributed by atoms with Gasteiger partial charge in [0.1, 0.15) is 0 Å². The summed E-state index contributed by atoms with van der Waals surface area (Å²) in [7, 11) is 1.21. The summed E-state index contributed by atoms with van der Waals surface area (Å²) in [6.07, 6.45) is 1.09. The second-order valence-electron chi connectivity index (χ2n) is 2.70. The first-order chi connectivity index (χ1) is 6.04. The van der Waals surface area contributed by atoms with Crippen molar-refractivity contribution in [2.24, 2.45) is 5.92 Å². The molecular weight excluding hydrogens is 172 g/mol. The van der Waals surface area contributed by atoms with E-state index < -0.39 is 17.9 Å². The highest BCUT2D eigenvalue weighted by Crippen LogP contribution is 2.16. The molecule has 0 aliphatic heterocycles. The molecule has 0 rings (SSSR count). The van der Waals surface area contributed by atoms with Gasteiger partial charge < -0.3 is 9.84 Å². The number of ether oxygens (including phenoxy) is 1. The van der Waals surface area contributed by atoms with Gasteiger partial charge in [-0.1, -0.05) is 19.9 Å². The molecule has 0 radical (unpaired) electrons. The fraction of sp³-hybridized carbons (Fsp3) is 0.556.